The SMILES string of the molecule is Cc1ccccc1CNc1ccc(NC(=O)OC(C)(C)C)cc1. The number of nitrogens with one attached hydrogen (secondary N) is 2. The number of benzene rings is 2. The number of aryl methyl sites for hydroxylation is 1. The van der Waals surface area contributed by atoms with E-state index in [2.05, 4.69) is 29.7 Å². The van der Waals surface area contributed by atoms with Crippen molar-refractivity contribution in [2.24, 2.45) is 0 Å². The second-order valence-electron chi connectivity index (χ2n) is 6.48. The average molecular weight is 312 g/mol. The Morgan fingerprint density at radius 1 is 1.00 bits per heavy atom. The predicted octanol–water partition coefficient (Wildman–Crippen LogP) is 4.95. The highest BCUT2D eigenvalue weighted by Crippen LogP contribution is 2.17. The molecule has 0 saturated heterocycles. The van der Waals surface area contributed by atoms with E-state index in [1.807, 2.05) is 57.2 Å². The van der Waals surface area contributed by atoms with E-state index in [1.165, 1.54) is 11.1 Å². The summed E-state index contributed by atoms with van der Waals surface area (Å²) in [6, 6.07) is 15.9. The molecule has 122 valence electrons. The van der Waals surface area contributed by atoms with Crippen molar-refractivity contribution in [2.75, 3.05) is 10.6 Å². The molecule has 0 unspecified atom stereocenters. The fourth-order valence-corrected chi connectivity index (χ4v) is 2.10. The molecule has 0 aliphatic rings. The van der Waals surface area contributed by atoms with Crippen LogP contribution in [0.2, 0.25) is 0 Å². The Labute approximate surface area is 137 Å². The zero-order valence-corrected chi connectivity index (χ0v) is 14.1. The number of carbonyl (C=O) groups excluding carboxylic acids is 1. The predicted molar refractivity (Wildman–Crippen MR) is 94.8 cm³/mol. The van der Waals surface area contributed by atoms with Gasteiger partial charge in [-0.15, -0.1) is 0 Å². The molecule has 1 amide bonds. The lowest BCUT2D eigenvalue weighted by molar-refractivity contribution is 0.0636. The molecular weight excluding hydrogens is 288 g/mol. The van der Waals surface area contributed by atoms with E-state index in [0.717, 1.165) is 12.2 Å². The summed E-state index contributed by atoms with van der Waals surface area (Å²) in [6.45, 7) is 8.39. The number of anilines is 2. The Balaban J connectivity index is 1.90. The van der Waals surface area contributed by atoms with Gasteiger partial charge in [0.2, 0.25) is 0 Å². The van der Waals surface area contributed by atoms with Gasteiger partial charge in [-0.1, -0.05) is 24.3 Å². The van der Waals surface area contributed by atoms with E-state index in [0.29, 0.717) is 5.69 Å². The van der Waals surface area contributed by atoms with E-state index in [4.69, 9.17) is 4.74 Å². The highest BCUT2D eigenvalue weighted by atomic mass is 16.6. The summed E-state index contributed by atoms with van der Waals surface area (Å²) in [7, 11) is 0. The smallest absolute Gasteiger partial charge is 0.412 e. The summed E-state index contributed by atoms with van der Waals surface area (Å²) in [6.07, 6.45) is -0.446. The second kappa shape index (κ2) is 7.18. The monoisotopic (exact) mass is 312 g/mol. The Bertz CT molecular complexity index is 658. The molecule has 2 aromatic carbocycles. The third-order valence-corrected chi connectivity index (χ3v) is 3.27. The summed E-state index contributed by atoms with van der Waals surface area (Å²) in [5.74, 6) is 0. The third kappa shape index (κ3) is 5.66. The maximum atomic E-state index is 11.7. The summed E-state index contributed by atoms with van der Waals surface area (Å²) in [4.78, 5) is 11.7. The number of carbonyl (C=O) groups is 1. The van der Waals surface area contributed by atoms with Gasteiger partial charge < -0.3 is 10.1 Å². The Kier molecular flexibility index (Phi) is 5.27. The van der Waals surface area contributed by atoms with Crippen LogP contribution in [0.4, 0.5) is 16.2 Å². The van der Waals surface area contributed by atoms with Gasteiger partial charge in [-0.3, -0.25) is 5.32 Å². The molecule has 0 spiro atoms. The van der Waals surface area contributed by atoms with Gasteiger partial charge in [0.05, 0.1) is 0 Å². The van der Waals surface area contributed by atoms with Gasteiger partial charge in [0, 0.05) is 17.9 Å². The maximum absolute atomic E-state index is 11.7. The number of rotatable bonds is 4. The van der Waals surface area contributed by atoms with Crippen LogP contribution in [0.5, 0.6) is 0 Å². The molecule has 0 heterocycles. The molecule has 0 aliphatic carbocycles. The molecule has 0 radical (unpaired) electrons. The van der Waals surface area contributed by atoms with Crippen LogP contribution >= 0.6 is 0 Å². The summed E-state index contributed by atoms with van der Waals surface area (Å²) in [5, 5.41) is 6.10. The van der Waals surface area contributed by atoms with Crippen LogP contribution in [0.15, 0.2) is 48.5 Å². The first-order chi connectivity index (χ1) is 10.8. The van der Waals surface area contributed by atoms with Crippen LogP contribution in [0, 0.1) is 6.92 Å². The molecule has 2 aromatic rings. The number of amides is 1. The summed E-state index contributed by atoms with van der Waals surface area (Å²) >= 11 is 0. The molecule has 4 heteroatoms. The lowest BCUT2D eigenvalue weighted by Gasteiger charge is -2.19. The van der Waals surface area contributed by atoms with Crippen molar-refractivity contribution in [3.8, 4) is 0 Å². The summed E-state index contributed by atoms with van der Waals surface area (Å²) < 4.78 is 5.22. The fourth-order valence-electron chi connectivity index (χ4n) is 2.10. The van der Waals surface area contributed by atoms with Gasteiger partial charge in [-0.2, -0.15) is 0 Å². The Morgan fingerprint density at radius 3 is 2.22 bits per heavy atom. The van der Waals surface area contributed by atoms with Crippen molar-refractivity contribution in [3.63, 3.8) is 0 Å². The highest BCUT2D eigenvalue weighted by molar-refractivity contribution is 5.85. The molecule has 2 N–H and O–H groups in total. The van der Waals surface area contributed by atoms with Gasteiger partial charge in [0.15, 0.2) is 0 Å². The van der Waals surface area contributed by atoms with Crippen molar-refractivity contribution >= 4 is 17.5 Å². The fraction of sp³-hybridized carbons (Fsp3) is 0.316. The van der Waals surface area contributed by atoms with Gasteiger partial charge >= 0.3 is 6.09 Å². The second-order valence-corrected chi connectivity index (χ2v) is 6.48. The van der Waals surface area contributed by atoms with Crippen LogP contribution in [-0.2, 0) is 11.3 Å². The van der Waals surface area contributed by atoms with Gasteiger partial charge in [-0.25, -0.2) is 4.79 Å². The van der Waals surface area contributed by atoms with Gasteiger partial charge in [0.25, 0.3) is 0 Å². The average Bonchev–Trinajstić information content (AvgIpc) is 2.46. The van der Waals surface area contributed by atoms with Crippen molar-refractivity contribution in [2.45, 2.75) is 39.8 Å². The first kappa shape index (κ1) is 16.9. The largest absolute Gasteiger partial charge is 0.444 e. The van der Waals surface area contributed by atoms with Crippen LogP contribution in [-0.4, -0.2) is 11.7 Å². The van der Waals surface area contributed by atoms with Crippen molar-refractivity contribution < 1.29 is 9.53 Å². The van der Waals surface area contributed by atoms with Crippen molar-refractivity contribution in [1.29, 1.82) is 0 Å². The molecule has 4 nitrogen and oxygen atoms in total. The summed E-state index contributed by atoms with van der Waals surface area (Å²) in [5.41, 5.74) is 3.74. The lowest BCUT2D eigenvalue weighted by Crippen LogP contribution is -2.27. The first-order valence-electron chi connectivity index (χ1n) is 7.72. The Hall–Kier alpha value is -2.49. The van der Waals surface area contributed by atoms with Crippen LogP contribution in [0.1, 0.15) is 31.9 Å². The van der Waals surface area contributed by atoms with E-state index in [-0.39, 0.29) is 0 Å². The zero-order valence-electron chi connectivity index (χ0n) is 14.1. The number of ether oxygens (including phenoxy) is 1. The van der Waals surface area contributed by atoms with Crippen LogP contribution < -0.4 is 10.6 Å². The number of hydrogen-bond donors (Lipinski definition) is 2. The van der Waals surface area contributed by atoms with Crippen LogP contribution in [0.25, 0.3) is 0 Å². The molecular formula is C19H24N2O2. The molecule has 2 rings (SSSR count). The zero-order chi connectivity index (χ0) is 16.9. The maximum Gasteiger partial charge on any atom is 0.412 e. The third-order valence-electron chi connectivity index (χ3n) is 3.27. The normalized spacial score (nSPS) is 11.0. The molecule has 0 saturated carbocycles. The standard InChI is InChI=1S/C19H24N2O2/c1-14-7-5-6-8-15(14)13-20-16-9-11-17(12-10-16)21-18(22)23-19(2,3)4/h5-12,20H,13H2,1-4H3,(H,21,22). The molecule has 0 aromatic heterocycles. The molecule has 23 heavy (non-hydrogen) atoms. The van der Waals surface area contributed by atoms with Gasteiger partial charge in [0.1, 0.15) is 5.60 Å². The molecule has 0 bridgehead atoms. The van der Waals surface area contributed by atoms with E-state index >= 15 is 0 Å². The molecule has 0 fully saturated rings. The quantitative estimate of drug-likeness (QED) is 0.839. The van der Waals surface area contributed by atoms with E-state index in [1.54, 1.807) is 0 Å². The van der Waals surface area contributed by atoms with E-state index in [9.17, 15) is 4.79 Å². The minimum Gasteiger partial charge on any atom is -0.444 e. The highest BCUT2D eigenvalue weighted by Gasteiger charge is 2.15. The molecule has 0 atom stereocenters. The minimum absolute atomic E-state index is 0.446. The van der Waals surface area contributed by atoms with Gasteiger partial charge in [-0.05, 0) is 63.1 Å². The van der Waals surface area contributed by atoms with E-state index < -0.39 is 11.7 Å². The lowest BCUT2D eigenvalue weighted by atomic mass is 10.1. The topological polar surface area (TPSA) is 50.4 Å². The molecule has 0 aliphatic heterocycles. The Morgan fingerprint density at radius 2 is 1.61 bits per heavy atom. The first-order valence-corrected chi connectivity index (χ1v) is 7.72. The minimum atomic E-state index is -0.501. The number of hydrogen-bond acceptors (Lipinski definition) is 3. The van der Waals surface area contributed by atoms with Crippen molar-refractivity contribution in [3.05, 3.63) is 59.7 Å². The van der Waals surface area contributed by atoms with Crippen molar-refractivity contribution in [1.82, 2.24) is 0 Å². The van der Waals surface area contributed by atoms with Crippen LogP contribution in [0.3, 0.4) is 0 Å².